The molecule has 1 aliphatic heterocycles. The number of benzene rings is 3. The maximum Gasteiger partial charge on any atom is 0.250 e. The number of sulfonamides is 1. The molecule has 0 atom stereocenters. The molecule has 1 aromatic heterocycles. The van der Waals surface area contributed by atoms with Gasteiger partial charge < -0.3 is 9.47 Å². The third kappa shape index (κ3) is 4.11. The summed E-state index contributed by atoms with van der Waals surface area (Å²) in [5, 5.41) is 2.61. The second-order valence-corrected chi connectivity index (χ2v) is 11.5. The van der Waals surface area contributed by atoms with E-state index >= 15 is 0 Å². The summed E-state index contributed by atoms with van der Waals surface area (Å²) in [4.78, 5) is 0. The first-order valence-corrected chi connectivity index (χ1v) is 12.7. The third-order valence-electron chi connectivity index (χ3n) is 5.42. The van der Waals surface area contributed by atoms with E-state index in [0.29, 0.717) is 10.8 Å². The van der Waals surface area contributed by atoms with Crippen molar-refractivity contribution in [3.63, 3.8) is 0 Å². The van der Waals surface area contributed by atoms with E-state index in [2.05, 4.69) is 4.72 Å². The maximum absolute atomic E-state index is 12.9. The molecule has 164 valence electrons. The van der Waals surface area contributed by atoms with Crippen LogP contribution in [0.3, 0.4) is 0 Å². The van der Waals surface area contributed by atoms with E-state index in [4.69, 9.17) is 9.47 Å². The quantitative estimate of drug-likeness (QED) is 0.386. The van der Waals surface area contributed by atoms with E-state index in [-0.39, 0.29) is 16.4 Å². The second-order valence-electron chi connectivity index (χ2n) is 8.42. The molecule has 0 amide bonds. The summed E-state index contributed by atoms with van der Waals surface area (Å²) in [6, 6.07) is 22.9. The molecule has 32 heavy (non-hydrogen) atoms. The van der Waals surface area contributed by atoms with Crippen LogP contribution in [0.1, 0.15) is 25.0 Å². The number of rotatable bonds is 6. The highest BCUT2D eigenvalue weighted by Crippen LogP contribution is 2.44. The van der Waals surface area contributed by atoms with Crippen molar-refractivity contribution in [2.75, 3.05) is 0 Å². The Morgan fingerprint density at radius 2 is 1.78 bits per heavy atom. The van der Waals surface area contributed by atoms with Gasteiger partial charge in [0.15, 0.2) is 16.6 Å². The normalized spacial score (nSPS) is 14.8. The van der Waals surface area contributed by atoms with E-state index in [1.54, 1.807) is 12.1 Å². The summed E-state index contributed by atoms with van der Waals surface area (Å²) in [5.41, 5.74) is 1.74. The second kappa shape index (κ2) is 7.92. The molecule has 0 unspecified atom stereocenters. The van der Waals surface area contributed by atoms with Gasteiger partial charge in [-0.05, 0) is 48.4 Å². The smallest absolute Gasteiger partial charge is 0.250 e. The summed E-state index contributed by atoms with van der Waals surface area (Å²) in [6.45, 7) is 4.29. The minimum Gasteiger partial charge on any atom is -0.483 e. The van der Waals surface area contributed by atoms with Gasteiger partial charge in [-0.1, -0.05) is 65.9 Å². The van der Waals surface area contributed by atoms with Gasteiger partial charge in [-0.2, -0.15) is 0 Å². The monoisotopic (exact) mass is 465 g/mol. The van der Waals surface area contributed by atoms with E-state index in [0.717, 1.165) is 45.4 Å². The Hall–Kier alpha value is -2.87. The minimum absolute atomic E-state index is 0.210. The molecule has 5 nitrogen and oxygen atoms in total. The van der Waals surface area contributed by atoms with Crippen LogP contribution in [0.25, 0.3) is 10.8 Å². The molecule has 7 heteroatoms. The third-order valence-corrected chi connectivity index (χ3v) is 8.28. The highest BCUT2D eigenvalue weighted by Gasteiger charge is 2.32. The summed E-state index contributed by atoms with van der Waals surface area (Å²) < 4.78 is 40.8. The van der Waals surface area contributed by atoms with E-state index in [1.165, 1.54) is 0 Å². The Morgan fingerprint density at radius 3 is 2.66 bits per heavy atom. The first kappa shape index (κ1) is 21.0. The van der Waals surface area contributed by atoms with E-state index in [9.17, 15) is 8.42 Å². The highest BCUT2D eigenvalue weighted by atomic mass is 32.2. The standard InChI is InChI=1S/C25H23NO4S2/c1-25(2)15-18-9-6-12-21(24(18)30-25)29-22-13-14-23(31-22)32(27,28)26-16-19-10-5-8-17-7-3-4-11-20(17)19/h3-14,26H,15-16H2,1-2H3. The number of fused-ring (bicyclic) bond motifs is 2. The van der Waals surface area contributed by atoms with Crippen molar-refractivity contribution in [2.45, 2.75) is 36.6 Å². The van der Waals surface area contributed by atoms with Crippen LogP contribution < -0.4 is 14.2 Å². The van der Waals surface area contributed by atoms with E-state index < -0.39 is 10.0 Å². The molecule has 0 bridgehead atoms. The van der Waals surface area contributed by atoms with Gasteiger partial charge in [0.05, 0.1) is 0 Å². The van der Waals surface area contributed by atoms with Crippen molar-refractivity contribution in [3.8, 4) is 16.6 Å². The number of nitrogens with one attached hydrogen (secondary N) is 1. The highest BCUT2D eigenvalue weighted by molar-refractivity contribution is 7.91. The van der Waals surface area contributed by atoms with Crippen LogP contribution in [0, 0.1) is 0 Å². The lowest BCUT2D eigenvalue weighted by molar-refractivity contribution is 0.135. The zero-order valence-corrected chi connectivity index (χ0v) is 19.4. The molecule has 0 aliphatic carbocycles. The molecule has 0 radical (unpaired) electrons. The molecule has 0 saturated heterocycles. The van der Waals surface area contributed by atoms with Crippen molar-refractivity contribution < 1.29 is 17.9 Å². The fraction of sp³-hybridized carbons (Fsp3) is 0.200. The Morgan fingerprint density at radius 1 is 1.00 bits per heavy atom. The van der Waals surface area contributed by atoms with Gasteiger partial charge in [0.2, 0.25) is 10.0 Å². The van der Waals surface area contributed by atoms with Crippen molar-refractivity contribution >= 4 is 32.1 Å². The zero-order valence-electron chi connectivity index (χ0n) is 17.8. The molecule has 3 aromatic carbocycles. The predicted octanol–water partition coefficient (Wildman–Crippen LogP) is 5.89. The zero-order chi connectivity index (χ0) is 22.3. The molecule has 1 aliphatic rings. The SMILES string of the molecule is CC1(C)Cc2cccc(Oc3ccc(S(=O)(=O)NCc4cccc5ccccc45)s3)c2O1. The van der Waals surface area contributed by atoms with Gasteiger partial charge in [0.25, 0.3) is 0 Å². The van der Waals surface area contributed by atoms with E-state index in [1.807, 2.05) is 74.5 Å². The van der Waals surface area contributed by atoms with Crippen LogP contribution in [0.2, 0.25) is 0 Å². The lowest BCUT2D eigenvalue weighted by atomic mass is 10.0. The summed E-state index contributed by atoms with van der Waals surface area (Å²) in [6.07, 6.45) is 0.807. The van der Waals surface area contributed by atoms with Gasteiger partial charge in [0.1, 0.15) is 9.81 Å². The molecule has 0 saturated carbocycles. The summed E-state index contributed by atoms with van der Waals surface area (Å²) in [7, 11) is -3.67. The molecular formula is C25H23NO4S2. The lowest BCUT2D eigenvalue weighted by Gasteiger charge is -2.17. The number of ether oxygens (including phenoxy) is 2. The number of thiophene rings is 1. The van der Waals surface area contributed by atoms with Crippen molar-refractivity contribution in [1.82, 2.24) is 4.72 Å². The molecule has 2 heterocycles. The Labute approximate surface area is 191 Å². The van der Waals surface area contributed by atoms with Gasteiger partial charge >= 0.3 is 0 Å². The molecule has 0 spiro atoms. The minimum atomic E-state index is -3.67. The van der Waals surface area contributed by atoms with Gasteiger partial charge in [-0.15, -0.1) is 0 Å². The van der Waals surface area contributed by atoms with Crippen LogP contribution in [0.5, 0.6) is 16.6 Å². The average molecular weight is 466 g/mol. The van der Waals surface area contributed by atoms with Crippen LogP contribution in [-0.4, -0.2) is 14.0 Å². The Balaban J connectivity index is 1.33. The van der Waals surface area contributed by atoms with Crippen LogP contribution in [0.4, 0.5) is 0 Å². The molecule has 5 rings (SSSR count). The topological polar surface area (TPSA) is 64.6 Å². The first-order valence-electron chi connectivity index (χ1n) is 10.4. The first-order chi connectivity index (χ1) is 15.3. The summed E-state index contributed by atoms with van der Waals surface area (Å²) >= 11 is 1.09. The summed E-state index contributed by atoms with van der Waals surface area (Å²) in [5.74, 6) is 1.33. The fourth-order valence-electron chi connectivity index (χ4n) is 3.97. The largest absolute Gasteiger partial charge is 0.483 e. The van der Waals surface area contributed by atoms with Crippen molar-refractivity contribution in [3.05, 3.63) is 83.9 Å². The number of hydrogen-bond acceptors (Lipinski definition) is 5. The van der Waals surface area contributed by atoms with Gasteiger partial charge in [-0.3, -0.25) is 0 Å². The van der Waals surface area contributed by atoms with Crippen LogP contribution >= 0.6 is 11.3 Å². The average Bonchev–Trinajstić information content (AvgIpc) is 3.36. The van der Waals surface area contributed by atoms with Gasteiger partial charge in [-0.25, -0.2) is 13.1 Å². The van der Waals surface area contributed by atoms with Crippen molar-refractivity contribution in [2.24, 2.45) is 0 Å². The van der Waals surface area contributed by atoms with Crippen LogP contribution in [-0.2, 0) is 23.0 Å². The molecule has 1 N–H and O–H groups in total. The Bertz CT molecular complexity index is 1400. The maximum atomic E-state index is 12.9. The van der Waals surface area contributed by atoms with Gasteiger partial charge in [0, 0.05) is 18.5 Å². The van der Waals surface area contributed by atoms with Crippen molar-refractivity contribution in [1.29, 1.82) is 0 Å². The Kier molecular flexibility index (Phi) is 5.20. The molecule has 0 fully saturated rings. The van der Waals surface area contributed by atoms with Crippen LogP contribution in [0.15, 0.2) is 77.0 Å². The predicted molar refractivity (Wildman–Crippen MR) is 127 cm³/mol. The number of hydrogen-bond donors (Lipinski definition) is 1. The number of para-hydroxylation sites is 1. The molecular weight excluding hydrogens is 442 g/mol. The molecule has 4 aromatic rings. The fourth-order valence-corrected chi connectivity index (χ4v) is 6.17. The lowest BCUT2D eigenvalue weighted by Crippen LogP contribution is -2.24.